The molecule has 2 rings (SSSR count). The molecule has 1 heterocycles. The van der Waals surface area contributed by atoms with Crippen LogP contribution in [0.2, 0.25) is 0 Å². The number of hydrogen-bond acceptors (Lipinski definition) is 3. The third kappa shape index (κ3) is 1.90. The molecular weight excluding hydrogens is 216 g/mol. The van der Waals surface area contributed by atoms with Gasteiger partial charge in [0.1, 0.15) is 5.52 Å². The minimum Gasteiger partial charge on any atom is -0.441 e. The molecule has 16 heavy (non-hydrogen) atoms. The van der Waals surface area contributed by atoms with Crippen molar-refractivity contribution in [3.63, 3.8) is 0 Å². The van der Waals surface area contributed by atoms with Gasteiger partial charge >= 0.3 is 0 Å². The number of aromatic nitrogens is 1. The van der Waals surface area contributed by atoms with Crippen LogP contribution in [0, 0.1) is 6.92 Å². The maximum atomic E-state index is 13.5. The molecule has 0 bridgehead atoms. The summed E-state index contributed by atoms with van der Waals surface area (Å²) in [5, 5.41) is 8.56. The highest BCUT2D eigenvalue weighted by atomic mass is 19.3. The Bertz CT molecular complexity index is 508. The van der Waals surface area contributed by atoms with Crippen LogP contribution < -0.4 is 0 Å². The second-order valence-electron chi connectivity index (χ2n) is 3.59. The van der Waals surface area contributed by atoms with Gasteiger partial charge in [0.2, 0.25) is 0 Å². The monoisotopic (exact) mass is 227 g/mol. The molecular formula is C11H11F2NO2. The quantitative estimate of drug-likeness (QED) is 0.876. The summed E-state index contributed by atoms with van der Waals surface area (Å²) >= 11 is 0. The SMILES string of the molecule is Cc1nc2ccc(C(F)(F)CCO)cc2o1. The first-order valence-electron chi connectivity index (χ1n) is 4.89. The number of benzene rings is 1. The summed E-state index contributed by atoms with van der Waals surface area (Å²) in [6.07, 6.45) is -0.592. The number of rotatable bonds is 3. The van der Waals surface area contributed by atoms with Crippen LogP contribution in [0.15, 0.2) is 22.6 Å². The van der Waals surface area contributed by atoms with Crippen molar-refractivity contribution in [2.75, 3.05) is 6.61 Å². The van der Waals surface area contributed by atoms with Crippen LogP contribution in [0.1, 0.15) is 17.9 Å². The molecule has 0 saturated heterocycles. The van der Waals surface area contributed by atoms with Gasteiger partial charge in [-0.2, -0.15) is 0 Å². The number of nitrogens with zero attached hydrogens (tertiary/aromatic N) is 1. The summed E-state index contributed by atoms with van der Waals surface area (Å²) in [6.45, 7) is 1.10. The van der Waals surface area contributed by atoms with Gasteiger partial charge < -0.3 is 9.52 Å². The van der Waals surface area contributed by atoms with Crippen molar-refractivity contribution in [2.45, 2.75) is 19.3 Å². The van der Waals surface area contributed by atoms with Crippen LogP contribution in [-0.4, -0.2) is 16.7 Å². The molecule has 0 aliphatic heterocycles. The molecule has 0 spiro atoms. The van der Waals surface area contributed by atoms with Gasteiger partial charge in [-0.1, -0.05) is 6.07 Å². The molecule has 0 atom stereocenters. The van der Waals surface area contributed by atoms with Crippen molar-refractivity contribution < 1.29 is 18.3 Å². The van der Waals surface area contributed by atoms with E-state index in [0.29, 0.717) is 17.0 Å². The average molecular weight is 227 g/mol. The largest absolute Gasteiger partial charge is 0.441 e. The third-order valence-electron chi connectivity index (χ3n) is 2.34. The van der Waals surface area contributed by atoms with Gasteiger partial charge in [-0.05, 0) is 12.1 Å². The van der Waals surface area contributed by atoms with E-state index in [0.717, 1.165) is 0 Å². The maximum absolute atomic E-state index is 13.5. The van der Waals surface area contributed by atoms with Gasteiger partial charge in [0.25, 0.3) is 5.92 Å². The van der Waals surface area contributed by atoms with Crippen LogP contribution >= 0.6 is 0 Å². The van der Waals surface area contributed by atoms with E-state index in [1.54, 1.807) is 6.92 Å². The Kier molecular flexibility index (Phi) is 2.63. The number of hydrogen-bond donors (Lipinski definition) is 1. The fraction of sp³-hybridized carbons (Fsp3) is 0.364. The van der Waals surface area contributed by atoms with E-state index in [9.17, 15) is 8.78 Å². The van der Waals surface area contributed by atoms with Gasteiger partial charge in [0.05, 0.1) is 0 Å². The van der Waals surface area contributed by atoms with E-state index < -0.39 is 19.0 Å². The lowest BCUT2D eigenvalue weighted by Gasteiger charge is -2.14. The summed E-state index contributed by atoms with van der Waals surface area (Å²) in [7, 11) is 0. The minimum atomic E-state index is -3.04. The molecule has 5 heteroatoms. The van der Waals surface area contributed by atoms with E-state index in [4.69, 9.17) is 9.52 Å². The molecule has 1 N–H and O–H groups in total. The van der Waals surface area contributed by atoms with Gasteiger partial charge in [-0.25, -0.2) is 13.8 Å². The standard InChI is InChI=1S/C11H11F2NO2/c1-7-14-9-3-2-8(6-10(9)16-7)11(12,13)4-5-15/h2-3,6,15H,4-5H2,1H3. The Morgan fingerprint density at radius 1 is 1.44 bits per heavy atom. The van der Waals surface area contributed by atoms with Crippen molar-refractivity contribution in [3.05, 3.63) is 29.7 Å². The van der Waals surface area contributed by atoms with Gasteiger partial charge in [-0.15, -0.1) is 0 Å². The Hall–Kier alpha value is -1.49. The number of aliphatic hydroxyl groups is 1. The van der Waals surface area contributed by atoms with E-state index in [-0.39, 0.29) is 5.56 Å². The van der Waals surface area contributed by atoms with Gasteiger partial charge in [0, 0.05) is 25.5 Å². The summed E-state index contributed by atoms with van der Waals surface area (Å²) in [5.41, 5.74) is 0.735. The summed E-state index contributed by atoms with van der Waals surface area (Å²) in [6, 6.07) is 4.07. The van der Waals surface area contributed by atoms with E-state index >= 15 is 0 Å². The topological polar surface area (TPSA) is 46.3 Å². The van der Waals surface area contributed by atoms with E-state index in [1.165, 1.54) is 18.2 Å². The molecule has 0 amide bonds. The minimum absolute atomic E-state index is 0.162. The highest BCUT2D eigenvalue weighted by molar-refractivity contribution is 5.73. The highest BCUT2D eigenvalue weighted by Gasteiger charge is 2.31. The third-order valence-corrected chi connectivity index (χ3v) is 2.34. The fourth-order valence-electron chi connectivity index (χ4n) is 1.55. The van der Waals surface area contributed by atoms with Crippen molar-refractivity contribution >= 4 is 11.1 Å². The number of aliphatic hydroxyl groups excluding tert-OH is 1. The Balaban J connectivity index is 2.45. The number of alkyl halides is 2. The molecule has 0 radical (unpaired) electrons. The fourth-order valence-corrected chi connectivity index (χ4v) is 1.55. The van der Waals surface area contributed by atoms with E-state index in [1.807, 2.05) is 0 Å². The number of aryl methyl sites for hydroxylation is 1. The summed E-state index contributed by atoms with van der Waals surface area (Å²) in [5.74, 6) is -2.60. The first-order chi connectivity index (χ1) is 7.53. The van der Waals surface area contributed by atoms with Crippen LogP contribution in [0.25, 0.3) is 11.1 Å². The zero-order valence-corrected chi connectivity index (χ0v) is 8.70. The highest BCUT2D eigenvalue weighted by Crippen LogP contribution is 2.33. The second kappa shape index (κ2) is 3.83. The molecule has 1 aromatic heterocycles. The van der Waals surface area contributed by atoms with Crippen molar-refractivity contribution in [2.24, 2.45) is 0 Å². The lowest BCUT2D eigenvalue weighted by molar-refractivity contribution is -0.0269. The molecule has 0 unspecified atom stereocenters. The van der Waals surface area contributed by atoms with Crippen LogP contribution in [0.3, 0.4) is 0 Å². The van der Waals surface area contributed by atoms with Crippen molar-refractivity contribution in [1.82, 2.24) is 4.98 Å². The normalized spacial score (nSPS) is 12.2. The zero-order valence-electron chi connectivity index (χ0n) is 8.70. The second-order valence-corrected chi connectivity index (χ2v) is 3.59. The molecule has 0 saturated carbocycles. The predicted octanol–water partition coefficient (Wildman–Crippen LogP) is 2.61. The molecule has 0 aliphatic rings. The first kappa shape index (κ1) is 11.0. The molecule has 0 aliphatic carbocycles. The number of fused-ring (bicyclic) bond motifs is 1. The summed E-state index contributed by atoms with van der Waals surface area (Å²) in [4.78, 5) is 4.02. The lowest BCUT2D eigenvalue weighted by Crippen LogP contribution is -2.14. The Labute approximate surface area is 90.7 Å². The maximum Gasteiger partial charge on any atom is 0.275 e. The van der Waals surface area contributed by atoms with Crippen LogP contribution in [0.5, 0.6) is 0 Å². The lowest BCUT2D eigenvalue weighted by atomic mass is 10.1. The van der Waals surface area contributed by atoms with Crippen LogP contribution in [0.4, 0.5) is 8.78 Å². The van der Waals surface area contributed by atoms with E-state index in [2.05, 4.69) is 4.98 Å². The van der Waals surface area contributed by atoms with Gasteiger partial charge in [0.15, 0.2) is 11.5 Å². The Morgan fingerprint density at radius 3 is 2.88 bits per heavy atom. The molecule has 86 valence electrons. The summed E-state index contributed by atoms with van der Waals surface area (Å²) < 4.78 is 32.1. The molecule has 3 nitrogen and oxygen atoms in total. The van der Waals surface area contributed by atoms with Crippen molar-refractivity contribution in [3.8, 4) is 0 Å². The number of oxazole rings is 1. The zero-order chi connectivity index (χ0) is 11.8. The van der Waals surface area contributed by atoms with Crippen molar-refractivity contribution in [1.29, 1.82) is 0 Å². The predicted molar refractivity (Wildman–Crippen MR) is 54.3 cm³/mol. The molecule has 1 aromatic carbocycles. The smallest absolute Gasteiger partial charge is 0.275 e. The molecule has 0 fully saturated rings. The average Bonchev–Trinajstić information content (AvgIpc) is 2.56. The molecule has 2 aromatic rings. The number of halogens is 2. The Morgan fingerprint density at radius 2 is 2.19 bits per heavy atom. The van der Waals surface area contributed by atoms with Gasteiger partial charge in [-0.3, -0.25) is 0 Å². The van der Waals surface area contributed by atoms with Crippen LogP contribution in [-0.2, 0) is 5.92 Å². The first-order valence-corrected chi connectivity index (χ1v) is 4.89.